The molecule has 21 heavy (non-hydrogen) atoms. The van der Waals surface area contributed by atoms with E-state index >= 15 is 0 Å². The maximum absolute atomic E-state index is 9.86. The van der Waals surface area contributed by atoms with Gasteiger partial charge in [-0.25, -0.2) is 0 Å². The molecule has 6 nitrogen and oxygen atoms in total. The molecule has 0 amide bonds. The van der Waals surface area contributed by atoms with Crippen LogP contribution in [-0.4, -0.2) is 35.7 Å². The predicted octanol–water partition coefficient (Wildman–Crippen LogP) is 1.48. The van der Waals surface area contributed by atoms with Gasteiger partial charge < -0.3 is 19.9 Å². The van der Waals surface area contributed by atoms with Crippen molar-refractivity contribution in [3.8, 4) is 17.2 Å². The lowest BCUT2D eigenvalue weighted by molar-refractivity contribution is 0.339. The largest absolute Gasteiger partial charge is 0.502 e. The average Bonchev–Trinajstić information content (AvgIpc) is 2.90. The van der Waals surface area contributed by atoms with Gasteiger partial charge in [0, 0.05) is 38.4 Å². The first kappa shape index (κ1) is 15.2. The van der Waals surface area contributed by atoms with E-state index in [4.69, 9.17) is 9.47 Å². The van der Waals surface area contributed by atoms with Crippen molar-refractivity contribution in [1.82, 2.24) is 15.1 Å². The third-order valence-corrected chi connectivity index (χ3v) is 3.35. The second kappa shape index (κ2) is 6.99. The first-order valence-electron chi connectivity index (χ1n) is 6.77. The van der Waals surface area contributed by atoms with Crippen molar-refractivity contribution < 1.29 is 14.6 Å². The summed E-state index contributed by atoms with van der Waals surface area (Å²) in [5.74, 6) is 0.856. The molecule has 0 aliphatic rings. The van der Waals surface area contributed by atoms with Crippen LogP contribution in [0.3, 0.4) is 0 Å². The van der Waals surface area contributed by atoms with E-state index in [1.165, 1.54) is 19.9 Å². The highest BCUT2D eigenvalue weighted by Gasteiger charge is 2.10. The summed E-state index contributed by atoms with van der Waals surface area (Å²) in [4.78, 5) is 0. The number of nitrogens with one attached hydrogen (secondary N) is 1. The zero-order valence-electron chi connectivity index (χ0n) is 12.6. The number of aromatic nitrogens is 2. The minimum absolute atomic E-state index is 0.0265. The lowest BCUT2D eigenvalue weighted by Crippen LogP contribution is -2.18. The van der Waals surface area contributed by atoms with Crippen LogP contribution in [0.2, 0.25) is 0 Å². The Morgan fingerprint density at radius 1 is 1.24 bits per heavy atom. The summed E-state index contributed by atoms with van der Waals surface area (Å²) in [5.41, 5.74) is 2.18. The van der Waals surface area contributed by atoms with Crippen LogP contribution in [0.25, 0.3) is 0 Å². The fourth-order valence-corrected chi connectivity index (χ4v) is 2.15. The number of phenols is 1. The number of nitrogens with zero attached hydrogens (tertiary/aromatic N) is 2. The highest BCUT2D eigenvalue weighted by Crippen LogP contribution is 2.36. The van der Waals surface area contributed by atoms with Gasteiger partial charge >= 0.3 is 0 Å². The SMILES string of the molecule is COc1cc(CNCCc2ccnn2C)cc(OC)c1O. The van der Waals surface area contributed by atoms with Crippen LogP contribution in [-0.2, 0) is 20.0 Å². The molecular formula is C15H21N3O3. The van der Waals surface area contributed by atoms with Crippen LogP contribution in [0.5, 0.6) is 17.2 Å². The summed E-state index contributed by atoms with van der Waals surface area (Å²) in [6.45, 7) is 1.51. The van der Waals surface area contributed by atoms with Gasteiger partial charge in [0.2, 0.25) is 5.75 Å². The van der Waals surface area contributed by atoms with E-state index < -0.39 is 0 Å². The molecule has 114 valence electrons. The Hall–Kier alpha value is -2.21. The van der Waals surface area contributed by atoms with E-state index in [1.807, 2.05) is 17.8 Å². The van der Waals surface area contributed by atoms with Crippen molar-refractivity contribution >= 4 is 0 Å². The fourth-order valence-electron chi connectivity index (χ4n) is 2.15. The van der Waals surface area contributed by atoms with Gasteiger partial charge in [0.25, 0.3) is 0 Å². The van der Waals surface area contributed by atoms with Crippen molar-refractivity contribution in [3.05, 3.63) is 35.7 Å². The third kappa shape index (κ3) is 3.66. The second-order valence-corrected chi connectivity index (χ2v) is 4.72. The maximum atomic E-state index is 9.86. The van der Waals surface area contributed by atoms with Gasteiger partial charge in [0.15, 0.2) is 11.5 Å². The molecular weight excluding hydrogens is 270 g/mol. The normalized spacial score (nSPS) is 10.6. The predicted molar refractivity (Wildman–Crippen MR) is 79.8 cm³/mol. The second-order valence-electron chi connectivity index (χ2n) is 4.72. The van der Waals surface area contributed by atoms with E-state index in [-0.39, 0.29) is 5.75 Å². The molecule has 1 aromatic carbocycles. The molecule has 0 spiro atoms. The molecule has 0 aliphatic heterocycles. The Morgan fingerprint density at radius 3 is 2.43 bits per heavy atom. The molecule has 0 radical (unpaired) electrons. The van der Waals surface area contributed by atoms with Gasteiger partial charge in [-0.05, 0) is 23.8 Å². The van der Waals surface area contributed by atoms with E-state index in [9.17, 15) is 5.11 Å². The minimum Gasteiger partial charge on any atom is -0.502 e. The van der Waals surface area contributed by atoms with Gasteiger partial charge in [-0.1, -0.05) is 0 Å². The third-order valence-electron chi connectivity index (χ3n) is 3.35. The monoisotopic (exact) mass is 291 g/mol. The van der Waals surface area contributed by atoms with Crippen LogP contribution in [0.1, 0.15) is 11.3 Å². The van der Waals surface area contributed by atoms with Crippen LogP contribution in [0, 0.1) is 0 Å². The number of aromatic hydroxyl groups is 1. The summed E-state index contributed by atoms with van der Waals surface area (Å²) in [5, 5.41) is 17.4. The highest BCUT2D eigenvalue weighted by atomic mass is 16.5. The Morgan fingerprint density at radius 2 is 1.90 bits per heavy atom. The van der Waals surface area contributed by atoms with Crippen LogP contribution >= 0.6 is 0 Å². The van der Waals surface area contributed by atoms with E-state index in [0.29, 0.717) is 18.0 Å². The number of methoxy groups -OCH3 is 2. The Balaban J connectivity index is 1.92. The molecule has 0 aliphatic carbocycles. The van der Waals surface area contributed by atoms with E-state index in [2.05, 4.69) is 10.4 Å². The van der Waals surface area contributed by atoms with Crippen molar-refractivity contribution in [2.24, 2.45) is 7.05 Å². The van der Waals surface area contributed by atoms with Gasteiger partial charge in [-0.15, -0.1) is 0 Å². The molecule has 1 heterocycles. The zero-order valence-corrected chi connectivity index (χ0v) is 12.6. The summed E-state index contributed by atoms with van der Waals surface area (Å²) >= 11 is 0. The molecule has 1 aromatic heterocycles. The summed E-state index contributed by atoms with van der Waals surface area (Å²) in [7, 11) is 4.98. The number of aryl methyl sites for hydroxylation is 1. The summed E-state index contributed by atoms with van der Waals surface area (Å²) in [6.07, 6.45) is 2.70. The van der Waals surface area contributed by atoms with Gasteiger partial charge in [-0.3, -0.25) is 4.68 Å². The topological polar surface area (TPSA) is 68.5 Å². The number of rotatable bonds is 7. The maximum Gasteiger partial charge on any atom is 0.200 e. The van der Waals surface area contributed by atoms with Gasteiger partial charge in [0.1, 0.15) is 0 Å². The standard InChI is InChI=1S/C15H21N3O3/c1-18-12(5-7-17-18)4-6-16-10-11-8-13(20-2)15(19)14(9-11)21-3/h5,7-9,16,19H,4,6,10H2,1-3H3. The molecule has 0 fully saturated rings. The first-order valence-corrected chi connectivity index (χ1v) is 6.77. The Labute approximate surface area is 124 Å². The molecule has 0 bridgehead atoms. The minimum atomic E-state index is 0.0265. The summed E-state index contributed by atoms with van der Waals surface area (Å²) in [6, 6.07) is 5.61. The zero-order chi connectivity index (χ0) is 15.2. The van der Waals surface area contributed by atoms with Crippen molar-refractivity contribution in [2.75, 3.05) is 20.8 Å². The molecule has 0 saturated carbocycles. The highest BCUT2D eigenvalue weighted by molar-refractivity contribution is 5.52. The fraction of sp³-hybridized carbons (Fsp3) is 0.400. The Bertz CT molecular complexity index is 571. The quantitative estimate of drug-likeness (QED) is 0.756. The average molecular weight is 291 g/mol. The van der Waals surface area contributed by atoms with Crippen LogP contribution < -0.4 is 14.8 Å². The lowest BCUT2D eigenvalue weighted by Gasteiger charge is -2.12. The van der Waals surface area contributed by atoms with E-state index in [1.54, 1.807) is 18.3 Å². The smallest absolute Gasteiger partial charge is 0.200 e. The lowest BCUT2D eigenvalue weighted by atomic mass is 10.1. The summed E-state index contributed by atoms with van der Waals surface area (Å²) < 4.78 is 12.1. The van der Waals surface area contributed by atoms with Gasteiger partial charge in [-0.2, -0.15) is 5.10 Å². The first-order chi connectivity index (χ1) is 10.2. The number of phenolic OH excluding ortho intramolecular Hbond substituents is 1. The van der Waals surface area contributed by atoms with Crippen molar-refractivity contribution in [3.63, 3.8) is 0 Å². The molecule has 0 saturated heterocycles. The molecule has 6 heteroatoms. The van der Waals surface area contributed by atoms with Gasteiger partial charge in [0.05, 0.1) is 14.2 Å². The molecule has 2 N–H and O–H groups in total. The van der Waals surface area contributed by atoms with Crippen LogP contribution in [0.4, 0.5) is 0 Å². The molecule has 0 atom stereocenters. The number of ether oxygens (including phenoxy) is 2. The molecule has 0 unspecified atom stereocenters. The number of hydrogen-bond donors (Lipinski definition) is 2. The van der Waals surface area contributed by atoms with Crippen molar-refractivity contribution in [1.29, 1.82) is 0 Å². The number of benzene rings is 1. The van der Waals surface area contributed by atoms with Crippen molar-refractivity contribution in [2.45, 2.75) is 13.0 Å². The van der Waals surface area contributed by atoms with Crippen LogP contribution in [0.15, 0.2) is 24.4 Å². The Kier molecular flexibility index (Phi) is 5.05. The molecule has 2 aromatic rings. The van der Waals surface area contributed by atoms with E-state index in [0.717, 1.165) is 18.5 Å². The molecule has 2 rings (SSSR count). The number of hydrogen-bond acceptors (Lipinski definition) is 5.